The second-order valence-corrected chi connectivity index (χ2v) is 5.12. The van der Waals surface area contributed by atoms with Crippen molar-refractivity contribution in [2.24, 2.45) is 0 Å². The average molecular weight is 271 g/mol. The van der Waals surface area contributed by atoms with E-state index in [0.29, 0.717) is 5.03 Å². The molecule has 0 amide bonds. The molecular weight excluding hydrogens is 259 g/mol. The van der Waals surface area contributed by atoms with Crippen LogP contribution in [0.25, 0.3) is 10.9 Å². The van der Waals surface area contributed by atoms with Crippen LogP contribution in [0.3, 0.4) is 0 Å². The monoisotopic (exact) mass is 271 g/mol. The minimum atomic E-state index is -4.10. The predicted molar refractivity (Wildman–Crippen MR) is 67.9 cm³/mol. The zero-order valence-electron chi connectivity index (χ0n) is 9.79. The number of alkyl halides is 3. The van der Waals surface area contributed by atoms with E-state index < -0.39 is 12.6 Å². The van der Waals surface area contributed by atoms with Crippen LogP contribution in [0.2, 0.25) is 0 Å². The summed E-state index contributed by atoms with van der Waals surface area (Å²) in [6.45, 7) is 1.94. The highest BCUT2D eigenvalue weighted by atomic mass is 32.2. The second kappa shape index (κ2) is 5.18. The average Bonchev–Trinajstić information content (AvgIpc) is 2.27. The summed E-state index contributed by atoms with van der Waals surface area (Å²) in [7, 11) is 0. The molecule has 0 unspecified atom stereocenters. The van der Waals surface area contributed by atoms with Crippen LogP contribution < -0.4 is 0 Å². The summed E-state index contributed by atoms with van der Waals surface area (Å²) in [5.41, 5.74) is 1.86. The first-order valence-electron chi connectivity index (χ1n) is 5.52. The maximum atomic E-state index is 12.1. The fourth-order valence-electron chi connectivity index (χ4n) is 1.66. The van der Waals surface area contributed by atoms with E-state index in [4.69, 9.17) is 0 Å². The van der Waals surface area contributed by atoms with Crippen LogP contribution in [0, 0.1) is 6.92 Å². The lowest BCUT2D eigenvalue weighted by Crippen LogP contribution is -2.08. The predicted octanol–water partition coefficient (Wildman–Crippen LogP) is 4.59. The summed E-state index contributed by atoms with van der Waals surface area (Å²) in [6, 6.07) is 9.47. The van der Waals surface area contributed by atoms with Gasteiger partial charge in [-0.25, -0.2) is 4.98 Å². The molecule has 96 valence electrons. The molecule has 1 nitrogen and oxygen atoms in total. The van der Waals surface area contributed by atoms with Gasteiger partial charge in [0.15, 0.2) is 0 Å². The summed E-state index contributed by atoms with van der Waals surface area (Å²) >= 11 is 1.15. The minimum Gasteiger partial charge on any atom is -0.241 e. The molecule has 0 bridgehead atoms. The lowest BCUT2D eigenvalue weighted by Gasteiger charge is -2.07. The number of benzene rings is 1. The van der Waals surface area contributed by atoms with Gasteiger partial charge < -0.3 is 0 Å². The van der Waals surface area contributed by atoms with Crippen molar-refractivity contribution in [1.29, 1.82) is 0 Å². The third kappa shape index (κ3) is 3.38. The molecule has 1 aromatic heterocycles. The molecule has 2 aromatic rings. The van der Waals surface area contributed by atoms with Gasteiger partial charge in [-0.3, -0.25) is 0 Å². The quantitative estimate of drug-likeness (QED) is 0.757. The van der Waals surface area contributed by atoms with Crippen molar-refractivity contribution in [1.82, 2.24) is 4.98 Å². The van der Waals surface area contributed by atoms with Gasteiger partial charge in [-0.15, -0.1) is 11.8 Å². The van der Waals surface area contributed by atoms with E-state index in [1.54, 1.807) is 0 Å². The van der Waals surface area contributed by atoms with Crippen LogP contribution in [-0.2, 0) is 0 Å². The van der Waals surface area contributed by atoms with E-state index >= 15 is 0 Å². The summed E-state index contributed by atoms with van der Waals surface area (Å²) in [5, 5.41) is 1.69. The third-order valence-electron chi connectivity index (χ3n) is 2.53. The first-order valence-corrected chi connectivity index (χ1v) is 6.50. The first-order chi connectivity index (χ1) is 8.46. The Balaban J connectivity index is 2.15. The van der Waals surface area contributed by atoms with Crippen LogP contribution in [0.15, 0.2) is 35.4 Å². The maximum Gasteiger partial charge on any atom is 0.389 e. The molecule has 1 aromatic carbocycles. The van der Waals surface area contributed by atoms with Crippen molar-refractivity contribution in [3.63, 3.8) is 0 Å². The number of aryl methyl sites for hydroxylation is 1. The number of fused-ring (bicyclic) bond motifs is 1. The number of hydrogen-bond donors (Lipinski definition) is 0. The van der Waals surface area contributed by atoms with Gasteiger partial charge in [0, 0.05) is 11.1 Å². The fourth-order valence-corrected chi connectivity index (χ4v) is 2.63. The van der Waals surface area contributed by atoms with Gasteiger partial charge in [-0.05, 0) is 24.6 Å². The van der Waals surface area contributed by atoms with Gasteiger partial charge in [0.05, 0.1) is 17.0 Å². The third-order valence-corrected chi connectivity index (χ3v) is 3.45. The molecule has 0 aliphatic heterocycles. The van der Waals surface area contributed by atoms with E-state index in [2.05, 4.69) is 4.98 Å². The van der Waals surface area contributed by atoms with Gasteiger partial charge in [0.2, 0.25) is 0 Å². The molecule has 18 heavy (non-hydrogen) atoms. The van der Waals surface area contributed by atoms with E-state index in [-0.39, 0.29) is 5.75 Å². The summed E-state index contributed by atoms with van der Waals surface area (Å²) in [4.78, 5) is 4.35. The number of thioether (sulfide) groups is 1. The highest BCUT2D eigenvalue weighted by Gasteiger charge is 2.26. The molecule has 0 aliphatic rings. The molecule has 5 heteroatoms. The maximum absolute atomic E-state index is 12.1. The Morgan fingerprint density at radius 2 is 1.94 bits per heavy atom. The van der Waals surface area contributed by atoms with Crippen molar-refractivity contribution in [3.8, 4) is 0 Å². The largest absolute Gasteiger partial charge is 0.389 e. The molecule has 1 heterocycles. The van der Waals surface area contributed by atoms with Crippen LogP contribution in [0.4, 0.5) is 13.2 Å². The van der Waals surface area contributed by atoms with E-state index in [9.17, 15) is 13.2 Å². The molecule has 0 fully saturated rings. The van der Waals surface area contributed by atoms with Gasteiger partial charge in [0.25, 0.3) is 0 Å². The molecule has 0 saturated carbocycles. The Morgan fingerprint density at radius 3 is 2.67 bits per heavy atom. The standard InChI is InChI=1S/C13H12F3NS/c1-9-8-12(18-7-6-13(14,15)16)17-11-5-3-2-4-10(9)11/h2-5,8H,6-7H2,1H3. The summed E-state index contributed by atoms with van der Waals surface area (Å²) in [5.74, 6) is 0.00821. The molecular formula is C13H12F3NS. The van der Waals surface area contributed by atoms with E-state index in [0.717, 1.165) is 28.2 Å². The van der Waals surface area contributed by atoms with Gasteiger partial charge in [-0.2, -0.15) is 13.2 Å². The highest BCUT2D eigenvalue weighted by molar-refractivity contribution is 7.99. The van der Waals surface area contributed by atoms with Crippen molar-refractivity contribution >= 4 is 22.7 Å². The number of rotatable bonds is 3. The Hall–Kier alpha value is -1.23. The summed E-state index contributed by atoms with van der Waals surface area (Å²) in [6.07, 6.45) is -4.88. The smallest absolute Gasteiger partial charge is 0.241 e. The van der Waals surface area contributed by atoms with E-state index in [1.165, 1.54) is 0 Å². The number of hydrogen-bond acceptors (Lipinski definition) is 2. The van der Waals surface area contributed by atoms with Gasteiger partial charge in [-0.1, -0.05) is 18.2 Å². The molecule has 0 spiro atoms. The first kappa shape index (κ1) is 13.2. The highest BCUT2D eigenvalue weighted by Crippen LogP contribution is 2.27. The Bertz CT molecular complexity index is 551. The van der Waals surface area contributed by atoms with Crippen LogP contribution in [0.5, 0.6) is 0 Å². The topological polar surface area (TPSA) is 12.9 Å². The van der Waals surface area contributed by atoms with Crippen molar-refractivity contribution in [2.45, 2.75) is 24.5 Å². The number of pyridine rings is 1. The number of nitrogens with zero attached hydrogens (tertiary/aromatic N) is 1. The van der Waals surface area contributed by atoms with Crippen molar-refractivity contribution in [3.05, 3.63) is 35.9 Å². The van der Waals surface area contributed by atoms with Gasteiger partial charge >= 0.3 is 6.18 Å². The SMILES string of the molecule is Cc1cc(SCCC(F)(F)F)nc2ccccc12. The zero-order chi connectivity index (χ0) is 13.2. The lowest BCUT2D eigenvalue weighted by molar-refractivity contribution is -0.129. The molecule has 0 atom stereocenters. The Kier molecular flexibility index (Phi) is 3.80. The van der Waals surface area contributed by atoms with Crippen LogP contribution in [0.1, 0.15) is 12.0 Å². The number of aromatic nitrogens is 1. The number of para-hydroxylation sites is 1. The van der Waals surface area contributed by atoms with Crippen molar-refractivity contribution < 1.29 is 13.2 Å². The van der Waals surface area contributed by atoms with E-state index in [1.807, 2.05) is 37.3 Å². The minimum absolute atomic E-state index is 0.00821. The molecule has 0 radical (unpaired) electrons. The summed E-state index contributed by atoms with van der Waals surface area (Å²) < 4.78 is 36.2. The van der Waals surface area contributed by atoms with Crippen molar-refractivity contribution in [2.75, 3.05) is 5.75 Å². The lowest BCUT2D eigenvalue weighted by atomic mass is 10.1. The molecule has 2 rings (SSSR count). The normalized spacial score (nSPS) is 12.0. The Morgan fingerprint density at radius 1 is 1.22 bits per heavy atom. The molecule has 0 saturated heterocycles. The second-order valence-electron chi connectivity index (χ2n) is 4.01. The fraction of sp³-hybridized carbons (Fsp3) is 0.308. The van der Waals surface area contributed by atoms with Gasteiger partial charge in [0.1, 0.15) is 0 Å². The Labute approximate surface area is 107 Å². The zero-order valence-corrected chi connectivity index (χ0v) is 10.6. The van der Waals surface area contributed by atoms with Crippen LogP contribution >= 0.6 is 11.8 Å². The molecule has 0 aliphatic carbocycles. The number of halogens is 3. The van der Waals surface area contributed by atoms with Crippen LogP contribution in [-0.4, -0.2) is 16.9 Å². The molecule has 0 N–H and O–H groups in total.